The Balaban J connectivity index is 2.15. The average Bonchev–Trinajstić information content (AvgIpc) is 2.96. The van der Waals surface area contributed by atoms with E-state index in [1.54, 1.807) is 26.0 Å². The van der Waals surface area contributed by atoms with Crippen molar-refractivity contribution in [2.45, 2.75) is 38.6 Å². The molecule has 0 saturated carbocycles. The molecular weight excluding hydrogens is 317 g/mol. The largest absolute Gasteiger partial charge is 0.479 e. The van der Waals surface area contributed by atoms with Crippen molar-refractivity contribution in [3.05, 3.63) is 23.9 Å². The third-order valence-electron chi connectivity index (χ3n) is 4.08. The Morgan fingerprint density at radius 1 is 1.46 bits per heavy atom. The van der Waals surface area contributed by atoms with E-state index in [-0.39, 0.29) is 19.0 Å². The number of aliphatic hydroxyl groups is 1. The van der Waals surface area contributed by atoms with Gasteiger partial charge >= 0.3 is 7.12 Å². The van der Waals surface area contributed by atoms with E-state index >= 15 is 0 Å². The Hall–Kier alpha value is -1.52. The second-order valence-corrected chi connectivity index (χ2v) is 5.85. The van der Waals surface area contributed by atoms with E-state index < -0.39 is 37.3 Å². The highest BCUT2D eigenvalue weighted by molar-refractivity contribution is 6.40. The monoisotopic (exact) mass is 339 g/mol. The highest BCUT2D eigenvalue weighted by atomic mass is 16.6. The van der Waals surface area contributed by atoms with Crippen molar-refractivity contribution in [2.24, 2.45) is 5.92 Å². The normalized spacial score (nSPS) is 31.0. The Labute approximate surface area is 140 Å². The number of ether oxygens (including phenoxy) is 2. The average molecular weight is 339 g/mol. The van der Waals surface area contributed by atoms with Gasteiger partial charge in [0.05, 0.1) is 31.2 Å². The minimum Gasteiger partial charge on any atom is -0.426 e. The molecule has 9 heteroatoms. The van der Waals surface area contributed by atoms with Crippen LogP contribution >= 0.6 is 0 Å². The first kappa shape index (κ1) is 18.8. The third kappa shape index (κ3) is 3.93. The van der Waals surface area contributed by atoms with Crippen LogP contribution in [0.5, 0.6) is 0 Å². The van der Waals surface area contributed by atoms with Crippen LogP contribution in [-0.4, -0.2) is 70.4 Å². The number of amides is 2. The molecule has 0 aromatic carbocycles. The number of allylic oxidation sites excluding steroid dienone is 1. The fourth-order valence-corrected chi connectivity index (χ4v) is 2.94. The van der Waals surface area contributed by atoms with Gasteiger partial charge in [0.15, 0.2) is 0 Å². The van der Waals surface area contributed by atoms with Crippen LogP contribution in [0.15, 0.2) is 23.9 Å². The fourth-order valence-electron chi connectivity index (χ4n) is 2.94. The van der Waals surface area contributed by atoms with Crippen LogP contribution < -0.4 is 0 Å². The first-order chi connectivity index (χ1) is 11.4. The molecule has 24 heavy (non-hydrogen) atoms. The molecular formula is C15H22BNO7. The van der Waals surface area contributed by atoms with Crippen molar-refractivity contribution < 1.29 is 34.2 Å². The zero-order valence-corrected chi connectivity index (χ0v) is 13.7. The number of nitrogens with zero attached hydrogens (tertiary/aromatic N) is 1. The molecule has 1 fully saturated rings. The van der Waals surface area contributed by atoms with Crippen molar-refractivity contribution in [1.29, 1.82) is 0 Å². The zero-order valence-electron chi connectivity index (χ0n) is 13.7. The summed E-state index contributed by atoms with van der Waals surface area (Å²) in [5.74, 6) is -1.43. The Kier molecular flexibility index (Phi) is 6.30. The van der Waals surface area contributed by atoms with Crippen LogP contribution in [0.4, 0.5) is 0 Å². The summed E-state index contributed by atoms with van der Waals surface area (Å²) >= 11 is 0. The molecule has 0 aromatic rings. The predicted molar refractivity (Wildman–Crippen MR) is 84.2 cm³/mol. The van der Waals surface area contributed by atoms with Crippen LogP contribution in [-0.2, 0) is 19.1 Å². The summed E-state index contributed by atoms with van der Waals surface area (Å²) in [5, 5.41) is 27.2. The highest BCUT2D eigenvalue weighted by Gasteiger charge is 2.45. The molecule has 2 amide bonds. The van der Waals surface area contributed by atoms with Gasteiger partial charge in [-0.3, -0.25) is 14.5 Å². The lowest BCUT2D eigenvalue weighted by Gasteiger charge is -2.29. The van der Waals surface area contributed by atoms with Crippen LogP contribution in [0.3, 0.4) is 0 Å². The van der Waals surface area contributed by atoms with Gasteiger partial charge < -0.3 is 24.6 Å². The van der Waals surface area contributed by atoms with Gasteiger partial charge in [0.1, 0.15) is 6.10 Å². The van der Waals surface area contributed by atoms with Crippen molar-refractivity contribution in [1.82, 2.24) is 4.90 Å². The van der Waals surface area contributed by atoms with Crippen LogP contribution in [0.25, 0.3) is 0 Å². The van der Waals surface area contributed by atoms with E-state index in [1.165, 1.54) is 6.20 Å². The van der Waals surface area contributed by atoms with Crippen LogP contribution in [0, 0.1) is 5.92 Å². The molecule has 2 heterocycles. The van der Waals surface area contributed by atoms with Crippen molar-refractivity contribution in [3.63, 3.8) is 0 Å². The summed E-state index contributed by atoms with van der Waals surface area (Å²) in [6.07, 6.45) is 3.11. The van der Waals surface area contributed by atoms with Crippen LogP contribution in [0.2, 0.25) is 0 Å². The van der Waals surface area contributed by atoms with E-state index in [1.807, 2.05) is 0 Å². The fraction of sp³-hybridized carbons (Fsp3) is 0.600. The lowest BCUT2D eigenvalue weighted by Crippen LogP contribution is -2.44. The van der Waals surface area contributed by atoms with Gasteiger partial charge in [-0.25, -0.2) is 0 Å². The standard InChI is InChI=1S/C15H22BNO7/c1-3-4-17-14(19)9(2)5-10(15(17)20)11-6-12(13(7-18)24-11)23-8-16(21)22/h3-5,10-13,18,21-22H,6-8H2,1-2H3/b4-3-. The van der Waals surface area contributed by atoms with Gasteiger partial charge in [-0.2, -0.15) is 0 Å². The summed E-state index contributed by atoms with van der Waals surface area (Å²) in [6, 6.07) is 0. The molecule has 8 nitrogen and oxygen atoms in total. The summed E-state index contributed by atoms with van der Waals surface area (Å²) < 4.78 is 11.0. The minimum absolute atomic E-state index is 0.302. The van der Waals surface area contributed by atoms with E-state index in [2.05, 4.69) is 0 Å². The molecule has 4 atom stereocenters. The molecule has 2 rings (SSSR count). The van der Waals surface area contributed by atoms with E-state index in [0.717, 1.165) is 4.90 Å². The van der Waals surface area contributed by atoms with Gasteiger partial charge in [0, 0.05) is 18.2 Å². The number of carbonyl (C=O) groups is 2. The molecule has 132 valence electrons. The molecule has 3 N–H and O–H groups in total. The maximum absolute atomic E-state index is 12.6. The maximum Gasteiger partial charge on any atom is 0.479 e. The van der Waals surface area contributed by atoms with Gasteiger partial charge in [0.25, 0.3) is 5.91 Å². The minimum atomic E-state index is -1.62. The van der Waals surface area contributed by atoms with Gasteiger partial charge in [-0.05, 0) is 13.8 Å². The van der Waals surface area contributed by atoms with Crippen molar-refractivity contribution in [2.75, 3.05) is 13.1 Å². The number of carbonyl (C=O) groups excluding carboxylic acids is 2. The molecule has 0 spiro atoms. The van der Waals surface area contributed by atoms with Crippen molar-refractivity contribution in [3.8, 4) is 0 Å². The quantitative estimate of drug-likeness (QED) is 0.420. The van der Waals surface area contributed by atoms with E-state index in [0.29, 0.717) is 12.0 Å². The zero-order chi connectivity index (χ0) is 17.9. The first-order valence-electron chi connectivity index (χ1n) is 7.81. The van der Waals surface area contributed by atoms with Crippen LogP contribution in [0.1, 0.15) is 20.3 Å². The molecule has 2 aliphatic rings. The van der Waals surface area contributed by atoms with Gasteiger partial charge in [-0.15, -0.1) is 0 Å². The number of hydrogen-bond acceptors (Lipinski definition) is 7. The number of hydrogen-bond donors (Lipinski definition) is 3. The summed E-state index contributed by atoms with van der Waals surface area (Å²) in [4.78, 5) is 25.7. The summed E-state index contributed by atoms with van der Waals surface area (Å²) in [7, 11) is -1.62. The molecule has 0 radical (unpaired) electrons. The molecule has 0 aromatic heterocycles. The molecule has 2 aliphatic heterocycles. The molecule has 0 aliphatic carbocycles. The Bertz CT molecular complexity index is 548. The SMILES string of the molecule is C/C=C\N1C(=O)C(C)=CC(C2CC(OCB(O)O)C(CO)O2)C1=O. The van der Waals surface area contributed by atoms with Gasteiger partial charge in [0.2, 0.25) is 5.91 Å². The first-order valence-corrected chi connectivity index (χ1v) is 7.81. The summed E-state index contributed by atoms with van der Waals surface area (Å²) in [5.41, 5.74) is 0.442. The van der Waals surface area contributed by atoms with Crippen molar-refractivity contribution >= 4 is 18.9 Å². The molecule has 4 unspecified atom stereocenters. The van der Waals surface area contributed by atoms with E-state index in [4.69, 9.17) is 19.5 Å². The number of imide groups is 1. The van der Waals surface area contributed by atoms with Gasteiger partial charge in [-0.1, -0.05) is 12.2 Å². The smallest absolute Gasteiger partial charge is 0.426 e. The molecule has 1 saturated heterocycles. The number of rotatable bonds is 6. The Morgan fingerprint density at radius 2 is 2.17 bits per heavy atom. The second-order valence-electron chi connectivity index (χ2n) is 5.85. The lowest BCUT2D eigenvalue weighted by molar-refractivity contribution is -0.145. The predicted octanol–water partition coefficient (Wildman–Crippen LogP) is -1.00. The maximum atomic E-state index is 12.6. The second kappa shape index (κ2) is 8.04. The number of aliphatic hydroxyl groups excluding tert-OH is 1. The molecule has 0 bridgehead atoms. The Morgan fingerprint density at radius 3 is 2.75 bits per heavy atom. The lowest BCUT2D eigenvalue weighted by atomic mass is 9.91. The van der Waals surface area contributed by atoms with E-state index in [9.17, 15) is 14.7 Å². The summed E-state index contributed by atoms with van der Waals surface area (Å²) in [6.45, 7) is 2.71. The highest BCUT2D eigenvalue weighted by Crippen LogP contribution is 2.32. The third-order valence-corrected chi connectivity index (χ3v) is 4.08. The topological polar surface area (TPSA) is 117 Å².